The summed E-state index contributed by atoms with van der Waals surface area (Å²) in [5, 5.41) is 0. The summed E-state index contributed by atoms with van der Waals surface area (Å²) in [7, 11) is 0. The fourth-order valence-electron chi connectivity index (χ4n) is 6.45. The summed E-state index contributed by atoms with van der Waals surface area (Å²) in [5.41, 5.74) is 18.1. The maximum Gasteiger partial charge on any atom is 2.00 e. The van der Waals surface area contributed by atoms with Crippen LogP contribution in [0.2, 0.25) is 0 Å². The molecular formula is C36H30Cl2N2Zr. The maximum atomic E-state index is 4.64. The molecule has 2 unspecified atom stereocenters. The van der Waals surface area contributed by atoms with Crippen LogP contribution >= 0.6 is 0 Å². The number of fused-ring (bicyclic) bond motifs is 4. The van der Waals surface area contributed by atoms with Gasteiger partial charge in [0.25, 0.3) is 0 Å². The van der Waals surface area contributed by atoms with Gasteiger partial charge in [0, 0.05) is 34.4 Å². The monoisotopic (exact) mass is 650 g/mol. The maximum absolute atomic E-state index is 4.64. The van der Waals surface area contributed by atoms with Gasteiger partial charge in [0.15, 0.2) is 0 Å². The molecule has 0 saturated carbocycles. The van der Waals surface area contributed by atoms with Crippen molar-refractivity contribution < 1.29 is 51.0 Å². The largest absolute Gasteiger partial charge is 2.00 e. The number of rotatable bonds is 2. The van der Waals surface area contributed by atoms with Gasteiger partial charge in [-0.15, -0.1) is 0 Å². The molecule has 2 heterocycles. The first kappa shape index (κ1) is 31.1. The molecule has 0 spiro atoms. The van der Waals surface area contributed by atoms with Gasteiger partial charge in [-0.2, -0.15) is 0 Å². The predicted molar refractivity (Wildman–Crippen MR) is 160 cm³/mol. The molecule has 2 aromatic carbocycles. The van der Waals surface area contributed by atoms with Crippen molar-refractivity contribution in [3.05, 3.63) is 152 Å². The molecule has 5 heteroatoms. The topological polar surface area (TPSA) is 24.7 Å². The molecule has 0 radical (unpaired) electrons. The van der Waals surface area contributed by atoms with E-state index in [4.69, 9.17) is 0 Å². The minimum absolute atomic E-state index is 0. The Morgan fingerprint density at radius 3 is 1.34 bits per heavy atom. The number of allylic oxidation sites excluding steroid dienone is 10. The Morgan fingerprint density at radius 2 is 0.927 bits per heavy atom. The Labute approximate surface area is 274 Å². The third-order valence-corrected chi connectivity index (χ3v) is 8.17. The summed E-state index contributed by atoms with van der Waals surface area (Å²) in [6, 6.07) is 17.3. The fraction of sp³-hybridized carbons (Fsp3) is 0.167. The molecule has 2 aliphatic heterocycles. The zero-order valence-corrected chi connectivity index (χ0v) is 27.5. The van der Waals surface area contributed by atoms with Gasteiger partial charge < -0.3 is 24.8 Å². The molecule has 2 nitrogen and oxygen atoms in total. The SMILES string of the molecule is CC1=NC2=C(C)C=C(C3C=Cc4ccccc43)C2=C1.CC1=NC2=C(C)C=C(C3C=Cc4ccccc43)C2=C1.[Cl-].[Cl-].[Zr+2]. The second-order valence-corrected chi connectivity index (χ2v) is 10.8. The molecule has 0 fully saturated rings. The summed E-state index contributed by atoms with van der Waals surface area (Å²) in [6.07, 6.45) is 18.1. The molecule has 0 amide bonds. The summed E-state index contributed by atoms with van der Waals surface area (Å²) in [5.74, 6) is 0.770. The van der Waals surface area contributed by atoms with E-state index in [1.54, 1.807) is 0 Å². The van der Waals surface area contributed by atoms with Crippen LogP contribution in [-0.4, -0.2) is 11.4 Å². The smallest absolute Gasteiger partial charge is 1.00 e. The predicted octanol–water partition coefficient (Wildman–Crippen LogP) is 2.83. The molecule has 6 aliphatic rings. The molecule has 4 aliphatic carbocycles. The summed E-state index contributed by atoms with van der Waals surface area (Å²) < 4.78 is 0. The van der Waals surface area contributed by atoms with Gasteiger partial charge in [0.1, 0.15) is 0 Å². The van der Waals surface area contributed by atoms with Crippen LogP contribution in [0.4, 0.5) is 0 Å². The van der Waals surface area contributed by atoms with Gasteiger partial charge >= 0.3 is 26.2 Å². The third-order valence-electron chi connectivity index (χ3n) is 8.17. The Balaban J connectivity index is 0.000000176. The van der Waals surface area contributed by atoms with Crippen LogP contribution in [0.3, 0.4) is 0 Å². The van der Waals surface area contributed by atoms with Crippen molar-refractivity contribution in [1.82, 2.24) is 0 Å². The minimum Gasteiger partial charge on any atom is -1.00 e. The van der Waals surface area contributed by atoms with Crippen molar-refractivity contribution in [1.29, 1.82) is 0 Å². The summed E-state index contributed by atoms with van der Waals surface area (Å²) in [4.78, 5) is 9.27. The van der Waals surface area contributed by atoms with E-state index in [9.17, 15) is 0 Å². The summed E-state index contributed by atoms with van der Waals surface area (Å²) in [6.45, 7) is 8.45. The zero-order valence-electron chi connectivity index (χ0n) is 23.5. The van der Waals surface area contributed by atoms with E-state index in [0.717, 1.165) is 11.4 Å². The van der Waals surface area contributed by atoms with Crippen LogP contribution in [0.5, 0.6) is 0 Å². The van der Waals surface area contributed by atoms with Crippen molar-refractivity contribution in [3.8, 4) is 0 Å². The van der Waals surface area contributed by atoms with E-state index in [0.29, 0.717) is 11.8 Å². The molecule has 0 aromatic heterocycles. The summed E-state index contributed by atoms with van der Waals surface area (Å²) >= 11 is 0. The number of halogens is 2. The molecule has 0 N–H and O–H groups in total. The van der Waals surface area contributed by atoms with E-state index in [-0.39, 0.29) is 51.0 Å². The zero-order chi connectivity index (χ0) is 26.0. The van der Waals surface area contributed by atoms with Crippen LogP contribution < -0.4 is 24.8 Å². The molecular weight excluding hydrogens is 623 g/mol. The minimum atomic E-state index is 0. The van der Waals surface area contributed by atoms with Crippen LogP contribution in [0.1, 0.15) is 61.8 Å². The van der Waals surface area contributed by atoms with Gasteiger partial charge in [-0.1, -0.05) is 85.0 Å². The second kappa shape index (κ2) is 12.2. The molecule has 2 aromatic rings. The van der Waals surface area contributed by atoms with Crippen molar-refractivity contribution in [3.63, 3.8) is 0 Å². The Morgan fingerprint density at radius 1 is 0.537 bits per heavy atom. The molecule has 41 heavy (non-hydrogen) atoms. The van der Waals surface area contributed by atoms with Gasteiger partial charge in [0.2, 0.25) is 0 Å². The van der Waals surface area contributed by atoms with Gasteiger partial charge in [-0.05, 0) is 84.4 Å². The molecule has 2 atom stereocenters. The van der Waals surface area contributed by atoms with Gasteiger partial charge in [0.05, 0.1) is 11.4 Å². The van der Waals surface area contributed by atoms with Crippen LogP contribution in [0, 0.1) is 0 Å². The normalized spacial score (nSPS) is 21.6. The molecule has 0 bridgehead atoms. The van der Waals surface area contributed by atoms with Crippen LogP contribution in [-0.2, 0) is 26.2 Å². The molecule has 0 saturated heterocycles. The average molecular weight is 653 g/mol. The fourth-order valence-corrected chi connectivity index (χ4v) is 6.45. The van der Waals surface area contributed by atoms with Gasteiger partial charge in [-0.3, -0.25) is 9.98 Å². The first-order valence-electron chi connectivity index (χ1n) is 13.4. The quantitative estimate of drug-likeness (QED) is 0.477. The third kappa shape index (κ3) is 5.29. The number of hydrogen-bond acceptors (Lipinski definition) is 2. The average Bonchev–Trinajstić information content (AvgIpc) is 3.74. The molecule has 8 rings (SSSR count). The van der Waals surface area contributed by atoms with E-state index < -0.39 is 0 Å². The number of hydrogen-bond donors (Lipinski definition) is 0. The van der Waals surface area contributed by atoms with E-state index in [1.807, 2.05) is 0 Å². The van der Waals surface area contributed by atoms with Crippen molar-refractivity contribution in [2.45, 2.75) is 39.5 Å². The Bertz CT molecular complexity index is 1630. The second-order valence-electron chi connectivity index (χ2n) is 10.8. The van der Waals surface area contributed by atoms with Crippen molar-refractivity contribution >= 4 is 23.6 Å². The standard InChI is InChI=1S/2C18H15N.2ClH.Zr/c2*1-11-9-16(17-10-12(2)19-18(11)17)15-8-7-13-5-3-4-6-14(13)15;;;/h2*3-10,15H,1-2H3;2*1H;/q;;;;+2/p-2. The van der Waals surface area contributed by atoms with Gasteiger partial charge in [-0.25, -0.2) is 0 Å². The van der Waals surface area contributed by atoms with E-state index in [2.05, 4.69) is 135 Å². The van der Waals surface area contributed by atoms with E-state index in [1.165, 1.54) is 67.1 Å². The number of aliphatic imine (C=N–C) groups is 2. The first-order valence-corrected chi connectivity index (χ1v) is 13.4. The van der Waals surface area contributed by atoms with Crippen LogP contribution in [0.25, 0.3) is 12.2 Å². The number of nitrogens with zero attached hydrogens (tertiary/aromatic N) is 2. The van der Waals surface area contributed by atoms with Crippen LogP contribution in [0.15, 0.2) is 140 Å². The Kier molecular flexibility index (Phi) is 9.24. The number of benzene rings is 2. The van der Waals surface area contributed by atoms with E-state index >= 15 is 0 Å². The van der Waals surface area contributed by atoms with Crippen molar-refractivity contribution in [2.24, 2.45) is 9.98 Å². The van der Waals surface area contributed by atoms with Crippen molar-refractivity contribution in [2.75, 3.05) is 0 Å². The molecule has 202 valence electrons. The Hall–Kier alpha value is -2.84. The first-order chi connectivity index (χ1) is 18.5.